The number of carbonyl (C=O) groups excluding carboxylic acids is 2. The summed E-state index contributed by atoms with van der Waals surface area (Å²) in [6, 6.07) is 8.94. The number of rotatable bonds is 2. The first-order valence-electron chi connectivity index (χ1n) is 6.85. The third-order valence-corrected chi connectivity index (χ3v) is 3.93. The van der Waals surface area contributed by atoms with Gasteiger partial charge in [-0.2, -0.15) is 0 Å². The van der Waals surface area contributed by atoms with Crippen molar-refractivity contribution in [3.05, 3.63) is 35.9 Å². The smallest absolute Gasteiger partial charge is 0.308 e. The molecule has 1 aromatic rings. The van der Waals surface area contributed by atoms with E-state index in [2.05, 4.69) is 5.32 Å². The van der Waals surface area contributed by atoms with E-state index in [1.54, 1.807) is 24.3 Å². The minimum Gasteiger partial charge on any atom is -0.469 e. The van der Waals surface area contributed by atoms with Gasteiger partial charge in [-0.15, -0.1) is 0 Å². The van der Waals surface area contributed by atoms with Crippen molar-refractivity contribution in [2.24, 2.45) is 5.92 Å². The van der Waals surface area contributed by atoms with Crippen LogP contribution in [0.2, 0.25) is 0 Å². The normalized spacial score (nSPS) is 15.4. The number of nitrogens with zero attached hydrogens (tertiary/aromatic N) is 1. The molecule has 1 fully saturated rings. The number of amides is 1. The highest BCUT2D eigenvalue weighted by atomic mass is 32.1. The Morgan fingerprint density at radius 3 is 2.43 bits per heavy atom. The summed E-state index contributed by atoms with van der Waals surface area (Å²) in [7, 11) is 1.40. The first-order valence-corrected chi connectivity index (χ1v) is 7.25. The van der Waals surface area contributed by atoms with Crippen LogP contribution in [0.4, 0.5) is 0 Å². The molecule has 1 amide bonds. The average Bonchev–Trinajstić information content (AvgIpc) is 2.55. The fourth-order valence-corrected chi connectivity index (χ4v) is 2.60. The second-order valence-electron chi connectivity index (χ2n) is 4.91. The number of likely N-dealkylation sites (tertiary alicyclic amines) is 1. The maximum absolute atomic E-state index is 12.0. The third kappa shape index (κ3) is 4.01. The molecule has 1 aromatic carbocycles. The molecule has 6 heteroatoms. The van der Waals surface area contributed by atoms with Crippen LogP contribution in [-0.4, -0.2) is 42.1 Å². The zero-order chi connectivity index (χ0) is 15.2. The largest absolute Gasteiger partial charge is 0.469 e. The summed E-state index contributed by atoms with van der Waals surface area (Å²) in [5, 5.41) is 3.14. The molecule has 1 N–H and O–H groups in total. The van der Waals surface area contributed by atoms with Crippen molar-refractivity contribution in [2.75, 3.05) is 20.2 Å². The van der Waals surface area contributed by atoms with E-state index in [-0.39, 0.29) is 17.8 Å². The third-order valence-electron chi connectivity index (χ3n) is 3.57. The maximum Gasteiger partial charge on any atom is 0.308 e. The molecule has 0 aromatic heterocycles. The molecule has 2 rings (SSSR count). The molecule has 0 atom stereocenters. The summed E-state index contributed by atoms with van der Waals surface area (Å²) >= 11 is 5.26. The van der Waals surface area contributed by atoms with Crippen molar-refractivity contribution >= 4 is 29.2 Å². The molecule has 0 bridgehead atoms. The quantitative estimate of drug-likeness (QED) is 0.664. The van der Waals surface area contributed by atoms with Crippen LogP contribution in [0, 0.1) is 5.92 Å². The van der Waals surface area contributed by atoms with Crippen molar-refractivity contribution in [2.45, 2.75) is 12.8 Å². The topological polar surface area (TPSA) is 58.6 Å². The minimum absolute atomic E-state index is 0.0705. The monoisotopic (exact) mass is 306 g/mol. The summed E-state index contributed by atoms with van der Waals surface area (Å²) in [5.74, 6) is -0.455. The highest BCUT2D eigenvalue weighted by Crippen LogP contribution is 2.18. The molecule has 0 radical (unpaired) electrons. The number of hydrogen-bond acceptors (Lipinski definition) is 4. The number of esters is 1. The van der Waals surface area contributed by atoms with Gasteiger partial charge in [-0.3, -0.25) is 14.9 Å². The van der Waals surface area contributed by atoms with Crippen LogP contribution < -0.4 is 5.32 Å². The van der Waals surface area contributed by atoms with Crippen molar-refractivity contribution in [1.82, 2.24) is 10.2 Å². The summed E-state index contributed by atoms with van der Waals surface area (Å²) in [6.45, 7) is 1.29. The van der Waals surface area contributed by atoms with E-state index in [4.69, 9.17) is 17.0 Å². The van der Waals surface area contributed by atoms with Crippen LogP contribution in [0.15, 0.2) is 30.3 Å². The van der Waals surface area contributed by atoms with Gasteiger partial charge in [0.2, 0.25) is 0 Å². The molecule has 0 aliphatic carbocycles. The molecule has 1 aliphatic heterocycles. The van der Waals surface area contributed by atoms with Crippen LogP contribution in [0.1, 0.15) is 23.2 Å². The number of methoxy groups -OCH3 is 1. The molecular formula is C15H18N2O3S. The van der Waals surface area contributed by atoms with E-state index < -0.39 is 0 Å². The predicted octanol–water partition coefficient (Wildman–Crippen LogP) is 1.59. The van der Waals surface area contributed by atoms with Crippen molar-refractivity contribution < 1.29 is 14.3 Å². The first kappa shape index (κ1) is 15.4. The van der Waals surface area contributed by atoms with Gasteiger partial charge in [-0.25, -0.2) is 0 Å². The van der Waals surface area contributed by atoms with Crippen LogP contribution in [-0.2, 0) is 9.53 Å². The molecule has 1 heterocycles. The van der Waals surface area contributed by atoms with Gasteiger partial charge in [0.05, 0.1) is 13.0 Å². The molecule has 0 saturated carbocycles. The summed E-state index contributed by atoms with van der Waals surface area (Å²) in [4.78, 5) is 25.4. The first-order chi connectivity index (χ1) is 10.1. The van der Waals surface area contributed by atoms with E-state index in [9.17, 15) is 9.59 Å². The standard InChI is InChI=1S/C15H18N2O3S/c1-20-14(19)12-7-9-17(10-8-12)15(21)16-13(18)11-5-3-2-4-6-11/h2-6,12H,7-10H2,1H3,(H,16,18,21). The Hall–Kier alpha value is -1.95. The van der Waals surface area contributed by atoms with Crippen molar-refractivity contribution in [3.8, 4) is 0 Å². The molecule has 5 nitrogen and oxygen atoms in total. The lowest BCUT2D eigenvalue weighted by Gasteiger charge is -2.32. The molecule has 112 valence electrons. The molecule has 1 saturated heterocycles. The summed E-state index contributed by atoms with van der Waals surface area (Å²) < 4.78 is 4.75. The number of hydrogen-bond donors (Lipinski definition) is 1. The fraction of sp³-hybridized carbons (Fsp3) is 0.400. The number of benzene rings is 1. The number of thiocarbonyl (C=S) groups is 1. The van der Waals surface area contributed by atoms with Gasteiger partial charge < -0.3 is 9.64 Å². The zero-order valence-electron chi connectivity index (χ0n) is 11.9. The summed E-state index contributed by atoms with van der Waals surface area (Å²) in [6.07, 6.45) is 1.38. The number of carbonyl (C=O) groups is 2. The Kier molecular flexibility index (Phi) is 5.27. The lowest BCUT2D eigenvalue weighted by atomic mass is 9.97. The van der Waals surface area contributed by atoms with Gasteiger partial charge in [0, 0.05) is 18.7 Å². The zero-order valence-corrected chi connectivity index (χ0v) is 12.7. The molecule has 21 heavy (non-hydrogen) atoms. The number of nitrogens with one attached hydrogen (secondary N) is 1. The Morgan fingerprint density at radius 2 is 1.86 bits per heavy atom. The predicted molar refractivity (Wildman–Crippen MR) is 82.8 cm³/mol. The van der Waals surface area contributed by atoms with Gasteiger partial charge in [-0.05, 0) is 37.2 Å². The molecular weight excluding hydrogens is 288 g/mol. The van der Waals surface area contributed by atoms with E-state index in [0.717, 1.165) is 0 Å². The van der Waals surface area contributed by atoms with E-state index in [1.807, 2.05) is 11.0 Å². The van der Waals surface area contributed by atoms with Crippen molar-refractivity contribution in [3.63, 3.8) is 0 Å². The van der Waals surface area contributed by atoms with E-state index >= 15 is 0 Å². The van der Waals surface area contributed by atoms with Gasteiger partial charge in [0.1, 0.15) is 0 Å². The SMILES string of the molecule is COC(=O)C1CCN(C(=S)NC(=O)c2ccccc2)CC1. The lowest BCUT2D eigenvalue weighted by molar-refractivity contribution is -0.146. The fourth-order valence-electron chi connectivity index (χ4n) is 2.32. The van der Waals surface area contributed by atoms with Crippen LogP contribution in [0.5, 0.6) is 0 Å². The second-order valence-corrected chi connectivity index (χ2v) is 5.30. The minimum atomic E-state index is -0.212. The molecule has 0 spiro atoms. The highest BCUT2D eigenvalue weighted by Gasteiger charge is 2.27. The Balaban J connectivity index is 1.85. The number of piperidine rings is 1. The second kappa shape index (κ2) is 7.17. The van der Waals surface area contributed by atoms with Crippen LogP contribution in [0.3, 0.4) is 0 Å². The highest BCUT2D eigenvalue weighted by molar-refractivity contribution is 7.80. The van der Waals surface area contributed by atoms with Crippen molar-refractivity contribution in [1.29, 1.82) is 0 Å². The van der Waals surface area contributed by atoms with Gasteiger partial charge in [0.25, 0.3) is 5.91 Å². The summed E-state index contributed by atoms with van der Waals surface area (Å²) in [5.41, 5.74) is 0.573. The van der Waals surface area contributed by atoms with Gasteiger partial charge in [0.15, 0.2) is 5.11 Å². The Labute approximate surface area is 129 Å². The van der Waals surface area contributed by atoms with Gasteiger partial charge >= 0.3 is 5.97 Å². The lowest BCUT2D eigenvalue weighted by Crippen LogP contribution is -2.47. The van der Waals surface area contributed by atoms with E-state index in [1.165, 1.54) is 7.11 Å². The van der Waals surface area contributed by atoms with Gasteiger partial charge in [-0.1, -0.05) is 18.2 Å². The molecule has 1 aliphatic rings. The van der Waals surface area contributed by atoms with E-state index in [0.29, 0.717) is 36.6 Å². The average molecular weight is 306 g/mol. The Morgan fingerprint density at radius 1 is 1.24 bits per heavy atom. The Bertz CT molecular complexity index is 525. The number of ether oxygens (including phenoxy) is 1. The van der Waals surface area contributed by atoms with Crippen LogP contribution >= 0.6 is 12.2 Å². The van der Waals surface area contributed by atoms with Crippen LogP contribution in [0.25, 0.3) is 0 Å². The maximum atomic E-state index is 12.0. The molecule has 0 unspecified atom stereocenters.